The van der Waals surface area contributed by atoms with Crippen LogP contribution in [0.4, 0.5) is 4.39 Å². The molecule has 17 heavy (non-hydrogen) atoms. The molecular formula is C11H9FN4O. The van der Waals surface area contributed by atoms with Crippen molar-refractivity contribution in [3.8, 4) is 11.8 Å². The summed E-state index contributed by atoms with van der Waals surface area (Å²) >= 11 is 0. The summed E-state index contributed by atoms with van der Waals surface area (Å²) in [5.74, 6) is 0.205. The highest BCUT2D eigenvalue weighted by Crippen LogP contribution is 2.21. The summed E-state index contributed by atoms with van der Waals surface area (Å²) in [4.78, 5) is 0. The molecule has 0 saturated heterocycles. The normalized spacial score (nSPS) is 9.94. The maximum absolute atomic E-state index is 13.3. The van der Waals surface area contributed by atoms with Crippen molar-refractivity contribution in [3.05, 3.63) is 41.7 Å². The maximum Gasteiger partial charge on any atom is 0.170 e. The average Bonchev–Trinajstić information content (AvgIpc) is 2.72. The Morgan fingerprint density at radius 1 is 1.53 bits per heavy atom. The number of ether oxygens (including phenoxy) is 1. The van der Waals surface area contributed by atoms with Crippen molar-refractivity contribution in [2.24, 2.45) is 7.05 Å². The third-order valence-electron chi connectivity index (χ3n) is 2.25. The lowest BCUT2D eigenvalue weighted by Gasteiger charge is -2.07. The predicted molar refractivity (Wildman–Crippen MR) is 56.5 cm³/mol. The quantitative estimate of drug-likeness (QED) is 0.802. The van der Waals surface area contributed by atoms with E-state index in [1.165, 1.54) is 24.5 Å². The standard InChI is InChI=1S/C11H9FN4O/c1-16-7-14-15-11(16)6-17-10-4-2-3-9(12)8(10)5-13/h2-4,7H,6H2,1H3. The van der Waals surface area contributed by atoms with Crippen molar-refractivity contribution in [2.75, 3.05) is 0 Å². The number of halogens is 1. The Hall–Kier alpha value is -2.42. The highest BCUT2D eigenvalue weighted by Gasteiger charge is 2.10. The van der Waals surface area contributed by atoms with Gasteiger partial charge in [-0.1, -0.05) is 6.07 Å². The first-order valence-electron chi connectivity index (χ1n) is 4.86. The van der Waals surface area contributed by atoms with Gasteiger partial charge in [-0.15, -0.1) is 10.2 Å². The number of hydrogen-bond donors (Lipinski definition) is 0. The first-order chi connectivity index (χ1) is 8.22. The lowest BCUT2D eigenvalue weighted by molar-refractivity contribution is 0.289. The van der Waals surface area contributed by atoms with Gasteiger partial charge in [0.1, 0.15) is 36.1 Å². The number of rotatable bonds is 3. The molecule has 0 aliphatic heterocycles. The van der Waals surface area contributed by atoms with E-state index < -0.39 is 5.82 Å². The second-order valence-electron chi connectivity index (χ2n) is 3.37. The van der Waals surface area contributed by atoms with Crippen LogP contribution in [-0.4, -0.2) is 14.8 Å². The molecule has 1 aromatic heterocycles. The lowest BCUT2D eigenvalue weighted by Crippen LogP contribution is -2.04. The van der Waals surface area contributed by atoms with E-state index in [9.17, 15) is 4.39 Å². The molecule has 0 fully saturated rings. The second kappa shape index (κ2) is 4.61. The Labute approximate surface area is 97.1 Å². The van der Waals surface area contributed by atoms with E-state index in [-0.39, 0.29) is 17.9 Å². The molecule has 0 saturated carbocycles. The highest BCUT2D eigenvalue weighted by molar-refractivity contribution is 5.43. The fourth-order valence-corrected chi connectivity index (χ4v) is 1.31. The highest BCUT2D eigenvalue weighted by atomic mass is 19.1. The Kier molecular flexibility index (Phi) is 3.01. The minimum atomic E-state index is -0.594. The summed E-state index contributed by atoms with van der Waals surface area (Å²) in [6.45, 7) is 0.134. The van der Waals surface area contributed by atoms with Crippen LogP contribution in [-0.2, 0) is 13.7 Å². The van der Waals surface area contributed by atoms with Crippen molar-refractivity contribution in [3.63, 3.8) is 0 Å². The predicted octanol–water partition coefficient (Wildman–Crippen LogP) is 1.40. The van der Waals surface area contributed by atoms with Crippen LogP contribution in [0.15, 0.2) is 24.5 Å². The minimum absolute atomic E-state index is 0.102. The van der Waals surface area contributed by atoms with E-state index >= 15 is 0 Å². The molecule has 0 bridgehead atoms. The van der Waals surface area contributed by atoms with Crippen LogP contribution in [0.1, 0.15) is 11.4 Å². The van der Waals surface area contributed by atoms with E-state index in [0.717, 1.165) is 0 Å². The molecule has 2 rings (SSSR count). The molecule has 1 aromatic carbocycles. The summed E-state index contributed by atoms with van der Waals surface area (Å²) in [6.07, 6.45) is 1.54. The van der Waals surface area contributed by atoms with E-state index in [0.29, 0.717) is 5.82 Å². The van der Waals surface area contributed by atoms with Gasteiger partial charge in [-0.05, 0) is 12.1 Å². The monoisotopic (exact) mass is 232 g/mol. The molecule has 0 aliphatic carbocycles. The van der Waals surface area contributed by atoms with E-state index in [1.807, 2.05) is 0 Å². The molecule has 0 radical (unpaired) electrons. The fraction of sp³-hybridized carbons (Fsp3) is 0.182. The lowest BCUT2D eigenvalue weighted by atomic mass is 10.2. The van der Waals surface area contributed by atoms with Gasteiger partial charge in [0.05, 0.1) is 0 Å². The summed E-state index contributed by atoms with van der Waals surface area (Å²) in [5, 5.41) is 16.3. The summed E-state index contributed by atoms with van der Waals surface area (Å²) in [6, 6.07) is 6.01. The Morgan fingerprint density at radius 2 is 2.35 bits per heavy atom. The maximum atomic E-state index is 13.3. The molecule has 0 spiro atoms. The summed E-state index contributed by atoms with van der Waals surface area (Å²) in [5.41, 5.74) is -0.102. The second-order valence-corrected chi connectivity index (χ2v) is 3.37. The van der Waals surface area contributed by atoms with Crippen LogP contribution in [0, 0.1) is 17.1 Å². The number of nitriles is 1. The topological polar surface area (TPSA) is 63.7 Å². The third-order valence-corrected chi connectivity index (χ3v) is 2.25. The van der Waals surface area contributed by atoms with Crippen LogP contribution in [0.25, 0.3) is 0 Å². The number of aryl methyl sites for hydroxylation is 1. The van der Waals surface area contributed by atoms with Crippen molar-refractivity contribution in [1.82, 2.24) is 14.8 Å². The van der Waals surface area contributed by atoms with Crippen LogP contribution in [0.2, 0.25) is 0 Å². The summed E-state index contributed by atoms with van der Waals surface area (Å²) in [7, 11) is 1.77. The smallest absolute Gasteiger partial charge is 0.170 e. The zero-order chi connectivity index (χ0) is 12.3. The molecule has 0 N–H and O–H groups in total. The van der Waals surface area contributed by atoms with Crippen molar-refractivity contribution < 1.29 is 9.13 Å². The molecule has 2 aromatic rings. The van der Waals surface area contributed by atoms with Crippen LogP contribution >= 0.6 is 0 Å². The van der Waals surface area contributed by atoms with E-state index in [2.05, 4.69) is 10.2 Å². The SMILES string of the molecule is Cn1cnnc1COc1cccc(F)c1C#N. The first kappa shape index (κ1) is 11.1. The van der Waals surface area contributed by atoms with E-state index in [1.54, 1.807) is 17.7 Å². The van der Waals surface area contributed by atoms with Gasteiger partial charge < -0.3 is 9.30 Å². The number of nitrogens with zero attached hydrogens (tertiary/aromatic N) is 4. The van der Waals surface area contributed by atoms with Crippen molar-refractivity contribution in [1.29, 1.82) is 5.26 Å². The molecule has 0 unspecified atom stereocenters. The molecule has 86 valence electrons. The number of hydrogen-bond acceptors (Lipinski definition) is 4. The van der Waals surface area contributed by atoms with E-state index in [4.69, 9.17) is 10.00 Å². The fourth-order valence-electron chi connectivity index (χ4n) is 1.31. The zero-order valence-electron chi connectivity index (χ0n) is 9.09. The van der Waals surface area contributed by atoms with Gasteiger partial charge in [-0.2, -0.15) is 5.26 Å². The van der Waals surface area contributed by atoms with Gasteiger partial charge in [0.25, 0.3) is 0 Å². The van der Waals surface area contributed by atoms with Crippen LogP contribution in [0.5, 0.6) is 5.75 Å². The van der Waals surface area contributed by atoms with Gasteiger partial charge >= 0.3 is 0 Å². The van der Waals surface area contributed by atoms with Crippen molar-refractivity contribution in [2.45, 2.75) is 6.61 Å². The van der Waals surface area contributed by atoms with Gasteiger partial charge in [-0.25, -0.2) is 4.39 Å². The first-order valence-corrected chi connectivity index (χ1v) is 4.86. The number of benzene rings is 1. The van der Waals surface area contributed by atoms with Crippen LogP contribution in [0.3, 0.4) is 0 Å². The molecule has 5 nitrogen and oxygen atoms in total. The van der Waals surface area contributed by atoms with Gasteiger partial charge in [0, 0.05) is 7.05 Å². The molecular weight excluding hydrogens is 223 g/mol. The molecule has 0 amide bonds. The molecule has 0 atom stereocenters. The Morgan fingerprint density at radius 3 is 3.00 bits per heavy atom. The van der Waals surface area contributed by atoms with Crippen molar-refractivity contribution >= 4 is 0 Å². The van der Waals surface area contributed by atoms with Gasteiger partial charge in [-0.3, -0.25) is 0 Å². The minimum Gasteiger partial charge on any atom is -0.484 e. The molecule has 1 heterocycles. The Bertz CT molecular complexity index is 573. The van der Waals surface area contributed by atoms with Gasteiger partial charge in [0.2, 0.25) is 0 Å². The Balaban J connectivity index is 2.18. The van der Waals surface area contributed by atoms with Crippen LogP contribution < -0.4 is 4.74 Å². The average molecular weight is 232 g/mol. The largest absolute Gasteiger partial charge is 0.484 e. The van der Waals surface area contributed by atoms with Gasteiger partial charge in [0.15, 0.2) is 5.82 Å². The third kappa shape index (κ3) is 2.23. The summed E-state index contributed by atoms with van der Waals surface area (Å²) < 4.78 is 20.3. The number of aromatic nitrogens is 3. The zero-order valence-corrected chi connectivity index (χ0v) is 9.09. The molecule has 6 heteroatoms. The molecule has 0 aliphatic rings.